The lowest BCUT2D eigenvalue weighted by atomic mass is 9.85. The van der Waals surface area contributed by atoms with Crippen LogP contribution in [0.25, 0.3) is 0 Å². The molecule has 1 aromatic rings. The minimum atomic E-state index is -4.10. The van der Waals surface area contributed by atoms with Crippen molar-refractivity contribution in [3.63, 3.8) is 0 Å². The van der Waals surface area contributed by atoms with Crippen molar-refractivity contribution in [1.82, 2.24) is 15.6 Å². The largest absolute Gasteiger partial charge is 0.391 e. The van der Waals surface area contributed by atoms with Crippen molar-refractivity contribution in [3.8, 4) is 0 Å². The molecule has 0 saturated heterocycles. The summed E-state index contributed by atoms with van der Waals surface area (Å²) in [6.45, 7) is 4.65. The molecule has 1 aliphatic carbocycles. The topological polar surface area (TPSA) is 49.3 Å². The normalized spacial score (nSPS) is 21.6. The van der Waals surface area contributed by atoms with E-state index in [9.17, 15) is 13.2 Å². The number of nitrogens with one attached hydrogen (secondary N) is 2. The van der Waals surface area contributed by atoms with E-state index < -0.39 is 12.1 Å². The van der Waals surface area contributed by atoms with Crippen molar-refractivity contribution in [2.24, 2.45) is 10.9 Å². The molecule has 1 aliphatic rings. The first kappa shape index (κ1) is 22.5. The standard InChI is InChI=1S/C16H25F3N4S.HI/c1-10-14(24-11(2)22-10)7-8-21-15(20-3)23-13-6-4-5-12(9-13)16(17,18)19;/h12-13H,4-9H2,1-3H3,(H2,20,21,23);1H. The highest BCUT2D eigenvalue weighted by molar-refractivity contribution is 14.0. The number of rotatable bonds is 4. The number of aromatic nitrogens is 1. The van der Waals surface area contributed by atoms with Crippen LogP contribution in [0, 0.1) is 19.8 Å². The van der Waals surface area contributed by atoms with E-state index in [4.69, 9.17) is 0 Å². The third-order valence-corrected chi connectivity index (χ3v) is 5.48. The fraction of sp³-hybridized carbons (Fsp3) is 0.750. The van der Waals surface area contributed by atoms with Crippen LogP contribution in [0.5, 0.6) is 0 Å². The Morgan fingerprint density at radius 2 is 2.04 bits per heavy atom. The minimum absolute atomic E-state index is 0. The van der Waals surface area contributed by atoms with Crippen molar-refractivity contribution in [2.75, 3.05) is 13.6 Å². The zero-order valence-corrected chi connectivity index (χ0v) is 17.9. The summed E-state index contributed by atoms with van der Waals surface area (Å²) in [5.74, 6) is -0.633. The van der Waals surface area contributed by atoms with Gasteiger partial charge >= 0.3 is 6.18 Å². The van der Waals surface area contributed by atoms with Gasteiger partial charge in [-0.05, 0) is 33.1 Å². The van der Waals surface area contributed by atoms with Gasteiger partial charge in [0.1, 0.15) is 0 Å². The molecule has 0 radical (unpaired) electrons. The Kier molecular flexibility index (Phi) is 8.93. The van der Waals surface area contributed by atoms with Crippen LogP contribution >= 0.6 is 35.3 Å². The third-order valence-electron chi connectivity index (χ3n) is 4.35. The second-order valence-electron chi connectivity index (χ2n) is 6.24. The number of thiazole rings is 1. The van der Waals surface area contributed by atoms with Gasteiger partial charge in [-0.25, -0.2) is 4.98 Å². The molecular weight excluding hydrogens is 464 g/mol. The molecule has 9 heteroatoms. The van der Waals surface area contributed by atoms with E-state index in [1.54, 1.807) is 18.4 Å². The molecule has 1 saturated carbocycles. The Morgan fingerprint density at radius 3 is 2.60 bits per heavy atom. The molecule has 25 heavy (non-hydrogen) atoms. The Morgan fingerprint density at radius 1 is 1.32 bits per heavy atom. The van der Waals surface area contributed by atoms with Crippen LogP contribution in [0.3, 0.4) is 0 Å². The van der Waals surface area contributed by atoms with E-state index in [1.807, 2.05) is 13.8 Å². The molecule has 4 nitrogen and oxygen atoms in total. The quantitative estimate of drug-likeness (QED) is 0.378. The number of hydrogen-bond donors (Lipinski definition) is 2. The molecule has 2 unspecified atom stereocenters. The van der Waals surface area contributed by atoms with Crippen LogP contribution in [0.2, 0.25) is 0 Å². The molecule has 1 fully saturated rings. The van der Waals surface area contributed by atoms with Gasteiger partial charge in [-0.3, -0.25) is 4.99 Å². The van der Waals surface area contributed by atoms with Gasteiger partial charge in [0.25, 0.3) is 0 Å². The van der Waals surface area contributed by atoms with Crippen LogP contribution in [-0.4, -0.2) is 36.8 Å². The van der Waals surface area contributed by atoms with Gasteiger partial charge in [-0.15, -0.1) is 35.3 Å². The van der Waals surface area contributed by atoms with Crippen molar-refractivity contribution < 1.29 is 13.2 Å². The first-order valence-electron chi connectivity index (χ1n) is 8.26. The van der Waals surface area contributed by atoms with Crippen molar-refractivity contribution in [3.05, 3.63) is 15.6 Å². The van der Waals surface area contributed by atoms with Crippen LogP contribution in [0.1, 0.15) is 41.3 Å². The summed E-state index contributed by atoms with van der Waals surface area (Å²) in [5, 5.41) is 7.38. The minimum Gasteiger partial charge on any atom is -0.356 e. The van der Waals surface area contributed by atoms with Crippen LogP contribution in [0.15, 0.2) is 4.99 Å². The van der Waals surface area contributed by atoms with Crippen LogP contribution in [-0.2, 0) is 6.42 Å². The molecule has 1 heterocycles. The molecule has 0 spiro atoms. The zero-order chi connectivity index (χ0) is 17.7. The molecule has 0 bridgehead atoms. The average molecular weight is 490 g/mol. The highest BCUT2D eigenvalue weighted by Gasteiger charge is 2.42. The lowest BCUT2D eigenvalue weighted by Crippen LogP contribution is -2.47. The third kappa shape index (κ3) is 6.92. The van der Waals surface area contributed by atoms with Crippen LogP contribution < -0.4 is 10.6 Å². The van der Waals surface area contributed by atoms with E-state index in [2.05, 4.69) is 20.6 Å². The van der Waals surface area contributed by atoms with Crippen molar-refractivity contribution in [1.29, 1.82) is 0 Å². The molecule has 2 atom stereocenters. The molecule has 0 amide bonds. The highest BCUT2D eigenvalue weighted by Crippen LogP contribution is 2.37. The summed E-state index contributed by atoms with van der Waals surface area (Å²) in [6.07, 6.45) is -1.57. The second kappa shape index (κ2) is 9.94. The first-order valence-corrected chi connectivity index (χ1v) is 9.08. The maximum absolute atomic E-state index is 12.9. The van der Waals surface area contributed by atoms with Crippen LogP contribution in [0.4, 0.5) is 13.2 Å². The number of aryl methyl sites for hydroxylation is 2. The molecule has 0 aliphatic heterocycles. The zero-order valence-electron chi connectivity index (χ0n) is 14.7. The Bertz CT molecular complexity index is 574. The molecule has 2 rings (SSSR count). The lowest BCUT2D eigenvalue weighted by Gasteiger charge is -2.31. The summed E-state index contributed by atoms with van der Waals surface area (Å²) in [7, 11) is 1.64. The van der Waals surface area contributed by atoms with Gasteiger partial charge in [0.15, 0.2) is 5.96 Å². The van der Waals surface area contributed by atoms with Gasteiger partial charge in [0.2, 0.25) is 0 Å². The number of alkyl halides is 3. The summed E-state index contributed by atoms with van der Waals surface area (Å²) in [5.41, 5.74) is 1.04. The molecule has 0 aromatic carbocycles. The van der Waals surface area contributed by atoms with Crippen molar-refractivity contribution >= 4 is 41.3 Å². The average Bonchev–Trinajstić information content (AvgIpc) is 2.83. The fourth-order valence-electron chi connectivity index (χ4n) is 3.11. The number of guanidine groups is 1. The predicted molar refractivity (Wildman–Crippen MR) is 107 cm³/mol. The van der Waals surface area contributed by atoms with E-state index >= 15 is 0 Å². The summed E-state index contributed by atoms with van der Waals surface area (Å²) in [4.78, 5) is 9.75. The Labute approximate surface area is 168 Å². The number of halogens is 4. The lowest BCUT2D eigenvalue weighted by molar-refractivity contribution is -0.183. The maximum Gasteiger partial charge on any atom is 0.391 e. The fourth-order valence-corrected chi connectivity index (χ4v) is 4.04. The van der Waals surface area contributed by atoms with E-state index in [0.717, 1.165) is 23.5 Å². The van der Waals surface area contributed by atoms with Gasteiger partial charge in [-0.1, -0.05) is 6.42 Å². The van der Waals surface area contributed by atoms with E-state index in [1.165, 1.54) is 4.88 Å². The molecular formula is C16H26F3IN4S. The molecule has 144 valence electrons. The Hall–Kier alpha value is -0.580. The van der Waals surface area contributed by atoms with E-state index in [-0.39, 0.29) is 42.9 Å². The Balaban J connectivity index is 0.00000312. The monoisotopic (exact) mass is 490 g/mol. The number of nitrogens with zero attached hydrogens (tertiary/aromatic N) is 2. The summed E-state index contributed by atoms with van der Waals surface area (Å²) < 4.78 is 38.7. The molecule has 2 N–H and O–H groups in total. The van der Waals surface area contributed by atoms with E-state index in [0.29, 0.717) is 18.9 Å². The smallest absolute Gasteiger partial charge is 0.356 e. The summed E-state index contributed by atoms with van der Waals surface area (Å²) >= 11 is 1.68. The predicted octanol–water partition coefficient (Wildman–Crippen LogP) is 4.21. The van der Waals surface area contributed by atoms with Gasteiger partial charge in [0, 0.05) is 30.9 Å². The van der Waals surface area contributed by atoms with Gasteiger partial charge < -0.3 is 10.6 Å². The highest BCUT2D eigenvalue weighted by atomic mass is 127. The van der Waals surface area contributed by atoms with Gasteiger partial charge in [0.05, 0.1) is 16.6 Å². The number of hydrogen-bond acceptors (Lipinski definition) is 3. The summed E-state index contributed by atoms with van der Waals surface area (Å²) in [6, 6.07) is -0.177. The number of aliphatic imine (C=N–C) groups is 1. The SMILES string of the molecule is CN=C(NCCc1sc(C)nc1C)NC1CCCC(C(F)(F)F)C1.I. The second-order valence-corrected chi connectivity index (χ2v) is 7.52. The van der Waals surface area contributed by atoms with Crippen molar-refractivity contribution in [2.45, 2.75) is 58.2 Å². The first-order chi connectivity index (χ1) is 11.3. The molecule has 1 aromatic heterocycles. The maximum atomic E-state index is 12.9. The van der Waals surface area contributed by atoms with Gasteiger partial charge in [-0.2, -0.15) is 13.2 Å².